The highest BCUT2D eigenvalue weighted by Crippen LogP contribution is 2.33. The number of rotatable bonds is 3. The van der Waals surface area contributed by atoms with Crippen molar-refractivity contribution in [2.45, 2.75) is 43.7 Å². The van der Waals surface area contributed by atoms with Crippen LogP contribution in [0.25, 0.3) is 5.57 Å². The Morgan fingerprint density at radius 3 is 2.68 bits per heavy atom. The molecule has 3 rings (SSSR count). The van der Waals surface area contributed by atoms with Gasteiger partial charge in [-0.25, -0.2) is 8.78 Å². The van der Waals surface area contributed by atoms with E-state index in [9.17, 15) is 19.0 Å². The smallest absolute Gasteiger partial charge is 0.189 e. The van der Waals surface area contributed by atoms with Crippen molar-refractivity contribution in [3.05, 3.63) is 53.6 Å². The minimum absolute atomic E-state index is 0.123. The van der Waals surface area contributed by atoms with E-state index < -0.39 is 29.6 Å². The van der Waals surface area contributed by atoms with Crippen molar-refractivity contribution in [2.24, 2.45) is 0 Å². The fourth-order valence-corrected chi connectivity index (χ4v) is 2.93. The highest BCUT2D eigenvalue weighted by molar-refractivity contribution is 5.75. The number of hydrogen-bond donors (Lipinski definition) is 2. The molecule has 2 N–H and O–H groups in total. The van der Waals surface area contributed by atoms with Crippen molar-refractivity contribution in [3.63, 3.8) is 0 Å². The van der Waals surface area contributed by atoms with Crippen molar-refractivity contribution in [3.8, 4) is 0 Å². The van der Waals surface area contributed by atoms with Gasteiger partial charge in [0.1, 0.15) is 0 Å². The molecule has 0 radical (unpaired) electrons. The Morgan fingerprint density at radius 2 is 2.05 bits per heavy atom. The summed E-state index contributed by atoms with van der Waals surface area (Å²) in [7, 11) is 0. The molecule has 0 saturated heterocycles. The van der Waals surface area contributed by atoms with Crippen LogP contribution in [0.2, 0.25) is 0 Å². The first-order chi connectivity index (χ1) is 10.5. The van der Waals surface area contributed by atoms with E-state index in [4.69, 9.17) is 4.74 Å². The molecular formula is C17H18F2O3. The first-order valence-corrected chi connectivity index (χ1v) is 7.40. The highest BCUT2D eigenvalue weighted by atomic mass is 19.2. The summed E-state index contributed by atoms with van der Waals surface area (Å²) in [4.78, 5) is 0. The van der Waals surface area contributed by atoms with Gasteiger partial charge in [0.15, 0.2) is 17.4 Å². The SMILES string of the molecule is OC1CCCC1OC1(O)C=CC(c2cccc(F)c2F)=CC1. The molecule has 2 aliphatic carbocycles. The molecule has 0 spiro atoms. The first kappa shape index (κ1) is 15.3. The Kier molecular flexibility index (Phi) is 4.12. The van der Waals surface area contributed by atoms with Crippen LogP contribution in [0.5, 0.6) is 0 Å². The first-order valence-electron chi connectivity index (χ1n) is 7.40. The van der Waals surface area contributed by atoms with Crippen molar-refractivity contribution in [2.75, 3.05) is 0 Å². The summed E-state index contributed by atoms with van der Waals surface area (Å²) in [5.74, 6) is -3.32. The molecule has 5 heteroatoms. The number of benzene rings is 1. The summed E-state index contributed by atoms with van der Waals surface area (Å²) in [6.45, 7) is 0. The van der Waals surface area contributed by atoms with Crippen molar-refractivity contribution >= 4 is 5.57 Å². The third-order valence-electron chi connectivity index (χ3n) is 4.17. The zero-order valence-electron chi connectivity index (χ0n) is 12.0. The third-order valence-corrected chi connectivity index (χ3v) is 4.17. The van der Waals surface area contributed by atoms with Crippen molar-refractivity contribution in [1.29, 1.82) is 0 Å². The second-order valence-corrected chi connectivity index (χ2v) is 5.80. The quantitative estimate of drug-likeness (QED) is 0.844. The second kappa shape index (κ2) is 5.91. The third kappa shape index (κ3) is 2.97. The van der Waals surface area contributed by atoms with Crippen molar-refractivity contribution < 1.29 is 23.7 Å². The van der Waals surface area contributed by atoms with Crippen LogP contribution >= 0.6 is 0 Å². The Balaban J connectivity index is 1.74. The molecule has 0 aliphatic heterocycles. The molecule has 1 aromatic rings. The fraction of sp³-hybridized carbons (Fsp3) is 0.412. The number of halogens is 2. The number of hydrogen-bond acceptors (Lipinski definition) is 3. The molecule has 1 saturated carbocycles. The van der Waals surface area contributed by atoms with Crippen LogP contribution in [0, 0.1) is 11.6 Å². The Hall–Kier alpha value is -1.56. The van der Waals surface area contributed by atoms with Gasteiger partial charge in [-0.2, -0.15) is 0 Å². The van der Waals surface area contributed by atoms with E-state index in [-0.39, 0.29) is 12.0 Å². The molecule has 1 fully saturated rings. The van der Waals surface area contributed by atoms with Gasteiger partial charge in [-0.05, 0) is 37.0 Å². The molecule has 0 aromatic heterocycles. The lowest BCUT2D eigenvalue weighted by atomic mass is 9.96. The predicted molar refractivity (Wildman–Crippen MR) is 77.8 cm³/mol. The monoisotopic (exact) mass is 308 g/mol. The largest absolute Gasteiger partial charge is 0.390 e. The lowest BCUT2D eigenvalue weighted by Crippen LogP contribution is -2.38. The zero-order valence-corrected chi connectivity index (χ0v) is 12.0. The van der Waals surface area contributed by atoms with E-state index in [0.29, 0.717) is 18.4 Å². The van der Waals surface area contributed by atoms with E-state index in [2.05, 4.69) is 0 Å². The maximum absolute atomic E-state index is 13.8. The number of aliphatic hydroxyl groups is 2. The van der Waals surface area contributed by atoms with Gasteiger partial charge in [-0.15, -0.1) is 0 Å². The maximum Gasteiger partial charge on any atom is 0.189 e. The standard InChI is InChI=1S/C17H18F2O3/c18-13-4-1-3-12(16(13)19)11-7-9-17(21,10-8-11)22-15-6-2-5-14(15)20/h1,3-4,7-9,14-15,20-21H,2,5-6,10H2. The van der Waals surface area contributed by atoms with E-state index in [0.717, 1.165) is 12.5 Å². The molecule has 118 valence electrons. The summed E-state index contributed by atoms with van der Waals surface area (Å²) in [6, 6.07) is 3.99. The van der Waals surface area contributed by atoms with Crippen LogP contribution in [-0.4, -0.2) is 28.2 Å². The van der Waals surface area contributed by atoms with Gasteiger partial charge in [-0.1, -0.05) is 24.3 Å². The van der Waals surface area contributed by atoms with Gasteiger partial charge in [0.25, 0.3) is 0 Å². The molecule has 1 aromatic carbocycles. The number of allylic oxidation sites excluding steroid dienone is 2. The lowest BCUT2D eigenvalue weighted by molar-refractivity contribution is -0.209. The maximum atomic E-state index is 13.8. The highest BCUT2D eigenvalue weighted by Gasteiger charge is 2.35. The van der Waals surface area contributed by atoms with E-state index in [1.54, 1.807) is 6.08 Å². The molecule has 0 bridgehead atoms. The van der Waals surface area contributed by atoms with E-state index in [1.807, 2.05) is 0 Å². The number of ether oxygens (including phenoxy) is 1. The minimum atomic E-state index is -1.51. The van der Waals surface area contributed by atoms with Crippen LogP contribution in [0.3, 0.4) is 0 Å². The minimum Gasteiger partial charge on any atom is -0.390 e. The number of aliphatic hydroxyl groups excluding tert-OH is 1. The molecular weight excluding hydrogens is 290 g/mol. The Bertz CT molecular complexity index is 626. The Morgan fingerprint density at radius 1 is 1.23 bits per heavy atom. The average Bonchev–Trinajstić information content (AvgIpc) is 2.88. The lowest BCUT2D eigenvalue weighted by Gasteiger charge is -2.31. The summed E-state index contributed by atoms with van der Waals surface area (Å²) in [6.07, 6.45) is 5.95. The Labute approximate surface area is 127 Å². The molecule has 0 amide bonds. The summed E-state index contributed by atoms with van der Waals surface area (Å²) in [5, 5.41) is 20.2. The molecule has 3 nitrogen and oxygen atoms in total. The fourth-order valence-electron chi connectivity index (χ4n) is 2.93. The van der Waals surface area contributed by atoms with Gasteiger partial charge in [0, 0.05) is 12.0 Å². The summed E-state index contributed by atoms with van der Waals surface area (Å²) < 4.78 is 32.6. The van der Waals surface area contributed by atoms with Gasteiger partial charge in [-0.3, -0.25) is 0 Å². The van der Waals surface area contributed by atoms with Gasteiger partial charge < -0.3 is 14.9 Å². The average molecular weight is 308 g/mol. The zero-order chi connectivity index (χ0) is 15.7. The van der Waals surface area contributed by atoms with Gasteiger partial charge in [0.2, 0.25) is 0 Å². The van der Waals surface area contributed by atoms with Crippen LogP contribution < -0.4 is 0 Å². The van der Waals surface area contributed by atoms with E-state index >= 15 is 0 Å². The summed E-state index contributed by atoms with van der Waals surface area (Å²) in [5.41, 5.74) is 0.649. The van der Waals surface area contributed by atoms with Crippen LogP contribution in [0.15, 0.2) is 36.4 Å². The summed E-state index contributed by atoms with van der Waals surface area (Å²) >= 11 is 0. The van der Waals surface area contributed by atoms with Crippen molar-refractivity contribution in [1.82, 2.24) is 0 Å². The van der Waals surface area contributed by atoms with Gasteiger partial charge in [0.05, 0.1) is 12.2 Å². The molecule has 22 heavy (non-hydrogen) atoms. The van der Waals surface area contributed by atoms with Gasteiger partial charge >= 0.3 is 0 Å². The molecule has 2 aliphatic rings. The predicted octanol–water partition coefficient (Wildman–Crippen LogP) is 2.93. The van der Waals surface area contributed by atoms with Crippen LogP contribution in [0.1, 0.15) is 31.2 Å². The molecule has 3 atom stereocenters. The normalized spacial score (nSPS) is 31.4. The van der Waals surface area contributed by atoms with Crippen LogP contribution in [0.4, 0.5) is 8.78 Å². The van der Waals surface area contributed by atoms with E-state index in [1.165, 1.54) is 24.3 Å². The second-order valence-electron chi connectivity index (χ2n) is 5.80. The molecule has 0 heterocycles. The molecule has 3 unspecified atom stereocenters. The van der Waals surface area contributed by atoms with Crippen LogP contribution in [-0.2, 0) is 4.74 Å². The topological polar surface area (TPSA) is 49.7 Å².